The number of imidazole rings is 1. The highest BCUT2D eigenvalue weighted by molar-refractivity contribution is 5.77. The number of terminal acetylenes is 1. The Bertz CT molecular complexity index is 635. The standard InChI is InChI=1S/C13H12F3N3/c1-2-7-19-11-4-3-9(13(14,15)16)8-10(11)18-12(19)5-6-17/h1,3-4,8H,5-7,17H2. The van der Waals surface area contributed by atoms with Gasteiger partial charge in [0.15, 0.2) is 0 Å². The summed E-state index contributed by atoms with van der Waals surface area (Å²) in [6, 6.07) is 3.45. The minimum Gasteiger partial charge on any atom is -0.330 e. The molecule has 1 aromatic carbocycles. The van der Waals surface area contributed by atoms with Gasteiger partial charge >= 0.3 is 6.18 Å². The zero-order valence-electron chi connectivity index (χ0n) is 10.0. The van der Waals surface area contributed by atoms with Crippen molar-refractivity contribution >= 4 is 11.0 Å². The highest BCUT2D eigenvalue weighted by Crippen LogP contribution is 2.31. The Morgan fingerprint density at radius 3 is 2.68 bits per heavy atom. The maximum atomic E-state index is 12.6. The molecule has 2 N–H and O–H groups in total. The SMILES string of the molecule is C#CCn1c(CCN)nc2cc(C(F)(F)F)ccc21. The molecule has 0 bridgehead atoms. The number of hydrogen-bond acceptors (Lipinski definition) is 2. The van der Waals surface area contributed by atoms with E-state index in [1.54, 1.807) is 4.57 Å². The van der Waals surface area contributed by atoms with Gasteiger partial charge in [-0.2, -0.15) is 13.2 Å². The van der Waals surface area contributed by atoms with E-state index in [4.69, 9.17) is 12.2 Å². The van der Waals surface area contributed by atoms with Crippen molar-refractivity contribution < 1.29 is 13.2 Å². The third-order valence-electron chi connectivity index (χ3n) is 2.77. The van der Waals surface area contributed by atoms with Gasteiger partial charge in [0, 0.05) is 6.42 Å². The smallest absolute Gasteiger partial charge is 0.330 e. The molecule has 0 aliphatic carbocycles. The second-order valence-corrected chi connectivity index (χ2v) is 4.06. The topological polar surface area (TPSA) is 43.8 Å². The van der Waals surface area contributed by atoms with E-state index in [-0.39, 0.29) is 12.1 Å². The zero-order chi connectivity index (χ0) is 14.0. The number of rotatable bonds is 3. The molecule has 19 heavy (non-hydrogen) atoms. The van der Waals surface area contributed by atoms with Crippen LogP contribution in [0.5, 0.6) is 0 Å². The van der Waals surface area contributed by atoms with Crippen LogP contribution >= 0.6 is 0 Å². The molecule has 0 atom stereocenters. The van der Waals surface area contributed by atoms with Crippen molar-refractivity contribution in [3.8, 4) is 12.3 Å². The highest BCUT2D eigenvalue weighted by atomic mass is 19.4. The lowest BCUT2D eigenvalue weighted by Crippen LogP contribution is -2.09. The largest absolute Gasteiger partial charge is 0.416 e. The molecule has 0 fully saturated rings. The minimum absolute atomic E-state index is 0.261. The van der Waals surface area contributed by atoms with Gasteiger partial charge in [-0.15, -0.1) is 6.42 Å². The summed E-state index contributed by atoms with van der Waals surface area (Å²) in [5.41, 5.74) is 5.62. The number of nitrogens with two attached hydrogens (primary N) is 1. The maximum Gasteiger partial charge on any atom is 0.416 e. The van der Waals surface area contributed by atoms with Gasteiger partial charge in [0.1, 0.15) is 5.82 Å². The van der Waals surface area contributed by atoms with Gasteiger partial charge in [-0.05, 0) is 24.7 Å². The summed E-state index contributed by atoms with van der Waals surface area (Å²) in [6.07, 6.45) is 1.36. The molecule has 1 aromatic heterocycles. The van der Waals surface area contributed by atoms with Gasteiger partial charge in [-0.1, -0.05) is 5.92 Å². The molecule has 0 amide bonds. The molecule has 0 saturated carbocycles. The van der Waals surface area contributed by atoms with Crippen LogP contribution in [0.3, 0.4) is 0 Å². The number of hydrogen-bond donors (Lipinski definition) is 1. The second-order valence-electron chi connectivity index (χ2n) is 4.06. The van der Waals surface area contributed by atoms with E-state index >= 15 is 0 Å². The first-order valence-electron chi connectivity index (χ1n) is 5.67. The maximum absolute atomic E-state index is 12.6. The van der Waals surface area contributed by atoms with Gasteiger partial charge in [-0.3, -0.25) is 0 Å². The molecule has 0 radical (unpaired) electrons. The van der Waals surface area contributed by atoms with Gasteiger partial charge < -0.3 is 10.3 Å². The van der Waals surface area contributed by atoms with E-state index in [1.165, 1.54) is 6.07 Å². The monoisotopic (exact) mass is 267 g/mol. The molecule has 0 unspecified atom stereocenters. The molecule has 2 rings (SSSR count). The fourth-order valence-electron chi connectivity index (χ4n) is 1.94. The normalized spacial score (nSPS) is 11.7. The average Bonchev–Trinajstić information content (AvgIpc) is 2.67. The first-order chi connectivity index (χ1) is 8.97. The van der Waals surface area contributed by atoms with Crippen LogP contribution in [0.2, 0.25) is 0 Å². The zero-order valence-corrected chi connectivity index (χ0v) is 10.0. The fraction of sp³-hybridized carbons (Fsp3) is 0.308. The van der Waals surface area contributed by atoms with Gasteiger partial charge in [0.25, 0.3) is 0 Å². The molecule has 6 heteroatoms. The third kappa shape index (κ3) is 2.56. The lowest BCUT2D eigenvalue weighted by atomic mass is 10.2. The summed E-state index contributed by atoms with van der Waals surface area (Å²) < 4.78 is 39.6. The van der Waals surface area contributed by atoms with Crippen LogP contribution in [0, 0.1) is 12.3 Å². The van der Waals surface area contributed by atoms with Crippen molar-refractivity contribution in [2.24, 2.45) is 5.73 Å². The van der Waals surface area contributed by atoms with Gasteiger partial charge in [0.05, 0.1) is 23.1 Å². The van der Waals surface area contributed by atoms with Crippen LogP contribution in [0.25, 0.3) is 11.0 Å². The molecular formula is C13H12F3N3. The predicted octanol–water partition coefficient (Wildman–Crippen LogP) is 2.19. The molecular weight excluding hydrogens is 255 g/mol. The quantitative estimate of drug-likeness (QED) is 0.866. The number of halogens is 3. The van der Waals surface area contributed by atoms with Crippen LogP contribution in [-0.4, -0.2) is 16.1 Å². The number of alkyl halides is 3. The second kappa shape index (κ2) is 4.94. The Hall–Kier alpha value is -2.00. The summed E-state index contributed by atoms with van der Waals surface area (Å²) in [5.74, 6) is 3.07. The third-order valence-corrected chi connectivity index (χ3v) is 2.77. The Labute approximate surface area is 108 Å². The van der Waals surface area contributed by atoms with E-state index in [9.17, 15) is 13.2 Å². The number of fused-ring (bicyclic) bond motifs is 1. The van der Waals surface area contributed by atoms with E-state index < -0.39 is 11.7 Å². The minimum atomic E-state index is -4.38. The Kier molecular flexibility index (Phi) is 3.49. The van der Waals surface area contributed by atoms with Gasteiger partial charge in [0.2, 0.25) is 0 Å². The Morgan fingerprint density at radius 1 is 1.37 bits per heavy atom. The lowest BCUT2D eigenvalue weighted by molar-refractivity contribution is -0.137. The molecule has 0 saturated heterocycles. The molecule has 0 aliphatic rings. The first kappa shape index (κ1) is 13.4. The first-order valence-corrected chi connectivity index (χ1v) is 5.67. The molecule has 2 aromatic rings. The summed E-state index contributed by atoms with van der Waals surface area (Å²) in [7, 11) is 0. The number of aromatic nitrogens is 2. The van der Waals surface area contributed by atoms with Crippen LogP contribution in [0.4, 0.5) is 13.2 Å². The van der Waals surface area contributed by atoms with Crippen molar-refractivity contribution in [3.63, 3.8) is 0 Å². The molecule has 0 spiro atoms. The number of nitrogens with zero attached hydrogens (tertiary/aromatic N) is 2. The molecule has 100 valence electrons. The molecule has 0 aliphatic heterocycles. The van der Waals surface area contributed by atoms with Crippen molar-refractivity contribution in [1.82, 2.24) is 9.55 Å². The van der Waals surface area contributed by atoms with E-state index in [0.717, 1.165) is 12.1 Å². The van der Waals surface area contributed by atoms with Crippen LogP contribution in [0.15, 0.2) is 18.2 Å². The van der Waals surface area contributed by atoms with Crippen LogP contribution in [-0.2, 0) is 19.1 Å². The van der Waals surface area contributed by atoms with Crippen molar-refractivity contribution in [2.45, 2.75) is 19.1 Å². The summed E-state index contributed by atoms with van der Waals surface area (Å²) in [6.45, 7) is 0.622. The summed E-state index contributed by atoms with van der Waals surface area (Å²) in [4.78, 5) is 4.18. The number of benzene rings is 1. The molecule has 3 nitrogen and oxygen atoms in total. The van der Waals surface area contributed by atoms with E-state index in [0.29, 0.717) is 24.3 Å². The molecule has 1 heterocycles. The van der Waals surface area contributed by atoms with Gasteiger partial charge in [-0.25, -0.2) is 4.98 Å². The summed E-state index contributed by atoms with van der Waals surface area (Å²) in [5, 5.41) is 0. The van der Waals surface area contributed by atoms with Crippen LogP contribution in [0.1, 0.15) is 11.4 Å². The summed E-state index contributed by atoms with van der Waals surface area (Å²) >= 11 is 0. The predicted molar refractivity (Wildman–Crippen MR) is 66.3 cm³/mol. The van der Waals surface area contributed by atoms with E-state index in [2.05, 4.69) is 10.9 Å². The van der Waals surface area contributed by atoms with Crippen molar-refractivity contribution in [2.75, 3.05) is 6.54 Å². The van der Waals surface area contributed by atoms with Crippen molar-refractivity contribution in [1.29, 1.82) is 0 Å². The highest BCUT2D eigenvalue weighted by Gasteiger charge is 2.31. The van der Waals surface area contributed by atoms with Crippen LogP contribution < -0.4 is 5.73 Å². The Balaban J connectivity index is 2.59. The Morgan fingerprint density at radius 2 is 2.11 bits per heavy atom. The van der Waals surface area contributed by atoms with E-state index in [1.807, 2.05) is 0 Å². The fourth-order valence-corrected chi connectivity index (χ4v) is 1.94. The average molecular weight is 267 g/mol. The lowest BCUT2D eigenvalue weighted by Gasteiger charge is -2.06. The van der Waals surface area contributed by atoms with Crippen molar-refractivity contribution in [3.05, 3.63) is 29.6 Å².